The molecule has 0 aliphatic carbocycles. The van der Waals surface area contributed by atoms with Crippen molar-refractivity contribution in [3.05, 3.63) is 65.4 Å². The number of hydrogen-bond acceptors (Lipinski definition) is 5. The summed E-state index contributed by atoms with van der Waals surface area (Å²) in [5, 5.41) is 5.22. The monoisotopic (exact) mass is 325 g/mol. The lowest BCUT2D eigenvalue weighted by atomic mass is 10.1. The molecule has 3 rings (SSSR count). The van der Waals surface area contributed by atoms with E-state index in [1.807, 2.05) is 19.1 Å². The molecule has 0 atom stereocenters. The number of hydrogen-bond donors (Lipinski definition) is 0. The minimum atomic E-state index is 0.777. The smallest absolute Gasteiger partial charge is 0.140 e. The normalized spacial score (nSPS) is 10.6. The molecule has 23 heavy (non-hydrogen) atoms. The fraction of sp³-hybridized carbons (Fsp3) is 0.222. The molecule has 0 spiro atoms. The van der Waals surface area contributed by atoms with E-state index in [1.54, 1.807) is 7.11 Å². The van der Waals surface area contributed by atoms with Crippen LogP contribution in [0.3, 0.4) is 0 Å². The third kappa shape index (κ3) is 3.51. The molecule has 0 unspecified atom stereocenters. The summed E-state index contributed by atoms with van der Waals surface area (Å²) >= 11 is 1.42. The maximum absolute atomic E-state index is 5.26. The van der Waals surface area contributed by atoms with Crippen LogP contribution in [0, 0.1) is 13.8 Å². The third-order valence-corrected chi connectivity index (χ3v) is 4.53. The first-order valence-corrected chi connectivity index (χ1v) is 8.21. The molecule has 0 saturated heterocycles. The van der Waals surface area contributed by atoms with Gasteiger partial charge in [-0.3, -0.25) is 0 Å². The molecule has 3 aromatic rings. The number of benzene rings is 2. The van der Waals surface area contributed by atoms with Gasteiger partial charge in [-0.2, -0.15) is 0 Å². The quantitative estimate of drug-likeness (QED) is 0.692. The predicted molar refractivity (Wildman–Crippen MR) is 94.7 cm³/mol. The fourth-order valence-corrected chi connectivity index (χ4v) is 3.19. The van der Waals surface area contributed by atoms with Gasteiger partial charge < -0.3 is 9.64 Å². The van der Waals surface area contributed by atoms with E-state index in [1.165, 1.54) is 22.7 Å². The van der Waals surface area contributed by atoms with Gasteiger partial charge in [0.25, 0.3) is 0 Å². The van der Waals surface area contributed by atoms with E-state index in [-0.39, 0.29) is 0 Å². The Morgan fingerprint density at radius 2 is 1.87 bits per heavy atom. The Balaban J connectivity index is 1.98. The van der Waals surface area contributed by atoms with E-state index >= 15 is 0 Å². The van der Waals surface area contributed by atoms with Gasteiger partial charge in [-0.25, -0.2) is 0 Å². The molecule has 2 aromatic carbocycles. The lowest BCUT2D eigenvalue weighted by Gasteiger charge is -2.23. The second kappa shape index (κ2) is 6.79. The van der Waals surface area contributed by atoms with Crippen LogP contribution in [0.2, 0.25) is 0 Å². The van der Waals surface area contributed by atoms with Gasteiger partial charge in [-0.1, -0.05) is 34.3 Å². The van der Waals surface area contributed by atoms with Gasteiger partial charge in [0.15, 0.2) is 0 Å². The zero-order valence-corrected chi connectivity index (χ0v) is 14.3. The first-order chi connectivity index (χ1) is 11.2. The second-order valence-corrected chi connectivity index (χ2v) is 6.17. The van der Waals surface area contributed by atoms with Crippen LogP contribution in [0.25, 0.3) is 0 Å². The SMILES string of the molecule is COc1ccc(N(Cc2cccc(C)c2)c2snnc2C)cc1. The van der Waals surface area contributed by atoms with Gasteiger partial charge in [0.2, 0.25) is 0 Å². The van der Waals surface area contributed by atoms with Crippen molar-refractivity contribution >= 4 is 22.2 Å². The summed E-state index contributed by atoms with van der Waals surface area (Å²) in [4.78, 5) is 2.24. The van der Waals surface area contributed by atoms with E-state index in [9.17, 15) is 0 Å². The van der Waals surface area contributed by atoms with Crippen molar-refractivity contribution in [3.8, 4) is 5.75 Å². The Hall–Kier alpha value is -2.40. The van der Waals surface area contributed by atoms with Crippen molar-refractivity contribution in [1.29, 1.82) is 0 Å². The van der Waals surface area contributed by atoms with Crippen LogP contribution in [0.1, 0.15) is 16.8 Å². The number of anilines is 2. The summed E-state index contributed by atoms with van der Waals surface area (Å²) in [5.41, 5.74) is 4.56. The highest BCUT2D eigenvalue weighted by molar-refractivity contribution is 7.10. The predicted octanol–water partition coefficient (Wildman–Crippen LogP) is 4.50. The van der Waals surface area contributed by atoms with Gasteiger partial charge in [0.05, 0.1) is 12.8 Å². The molecular formula is C18H19N3OS. The molecule has 0 bridgehead atoms. The highest BCUT2D eigenvalue weighted by Crippen LogP contribution is 2.33. The second-order valence-electron chi connectivity index (χ2n) is 5.44. The standard InChI is InChI=1S/C18H19N3OS/c1-13-5-4-6-15(11-13)12-21(18-14(2)19-20-23-18)16-7-9-17(22-3)10-8-16/h4-11H,12H2,1-3H3. The maximum atomic E-state index is 5.26. The van der Waals surface area contributed by atoms with Gasteiger partial charge in [0.1, 0.15) is 10.8 Å². The van der Waals surface area contributed by atoms with Crippen molar-refractivity contribution in [2.75, 3.05) is 12.0 Å². The Morgan fingerprint density at radius 3 is 2.48 bits per heavy atom. The fourth-order valence-electron chi connectivity index (χ4n) is 2.51. The van der Waals surface area contributed by atoms with Crippen LogP contribution in [0.15, 0.2) is 48.5 Å². The number of nitrogens with zero attached hydrogens (tertiary/aromatic N) is 3. The molecule has 0 aliphatic heterocycles. The van der Waals surface area contributed by atoms with Crippen LogP contribution in [0.5, 0.6) is 5.75 Å². The Morgan fingerprint density at radius 1 is 1.09 bits per heavy atom. The molecule has 1 heterocycles. The minimum Gasteiger partial charge on any atom is -0.497 e. The lowest BCUT2D eigenvalue weighted by Crippen LogP contribution is -2.16. The molecule has 0 fully saturated rings. The topological polar surface area (TPSA) is 38.2 Å². The summed E-state index contributed by atoms with van der Waals surface area (Å²) in [7, 11) is 1.68. The van der Waals surface area contributed by atoms with Crippen LogP contribution >= 0.6 is 11.5 Å². The number of aromatic nitrogens is 2. The van der Waals surface area contributed by atoms with Gasteiger partial charge >= 0.3 is 0 Å². The molecule has 0 N–H and O–H groups in total. The van der Waals surface area contributed by atoms with Gasteiger partial charge in [-0.15, -0.1) is 5.10 Å². The van der Waals surface area contributed by atoms with Crippen molar-refractivity contribution < 1.29 is 4.74 Å². The molecule has 0 amide bonds. The van der Waals surface area contributed by atoms with Crippen molar-refractivity contribution in [2.24, 2.45) is 0 Å². The summed E-state index contributed by atoms with van der Waals surface area (Å²) in [6.07, 6.45) is 0. The van der Waals surface area contributed by atoms with E-state index in [2.05, 4.69) is 57.8 Å². The lowest BCUT2D eigenvalue weighted by molar-refractivity contribution is 0.415. The summed E-state index contributed by atoms with van der Waals surface area (Å²) < 4.78 is 9.34. The highest BCUT2D eigenvalue weighted by Gasteiger charge is 2.16. The summed E-state index contributed by atoms with van der Waals surface area (Å²) in [6, 6.07) is 16.6. The van der Waals surface area contributed by atoms with Crippen LogP contribution in [-0.4, -0.2) is 16.7 Å². The Labute approximate surface area is 140 Å². The van der Waals surface area contributed by atoms with E-state index < -0.39 is 0 Å². The van der Waals surface area contributed by atoms with E-state index in [4.69, 9.17) is 4.74 Å². The summed E-state index contributed by atoms with van der Waals surface area (Å²) in [5.74, 6) is 0.850. The van der Waals surface area contributed by atoms with Gasteiger partial charge in [-0.05, 0) is 43.7 Å². The summed E-state index contributed by atoms with van der Waals surface area (Å²) in [6.45, 7) is 4.88. The van der Waals surface area contributed by atoms with E-state index in [0.717, 1.165) is 28.7 Å². The van der Waals surface area contributed by atoms with Crippen LogP contribution < -0.4 is 9.64 Å². The maximum Gasteiger partial charge on any atom is 0.140 e. The minimum absolute atomic E-state index is 0.777. The highest BCUT2D eigenvalue weighted by atomic mass is 32.1. The number of aryl methyl sites for hydroxylation is 2. The molecule has 0 aliphatic rings. The molecule has 5 heteroatoms. The molecule has 4 nitrogen and oxygen atoms in total. The third-order valence-electron chi connectivity index (χ3n) is 3.68. The van der Waals surface area contributed by atoms with Gasteiger partial charge in [0, 0.05) is 23.8 Å². The number of rotatable bonds is 5. The average molecular weight is 325 g/mol. The van der Waals surface area contributed by atoms with Crippen molar-refractivity contribution in [1.82, 2.24) is 9.59 Å². The molecule has 1 aromatic heterocycles. The number of methoxy groups -OCH3 is 1. The van der Waals surface area contributed by atoms with E-state index in [0.29, 0.717) is 0 Å². The molecule has 0 radical (unpaired) electrons. The largest absolute Gasteiger partial charge is 0.497 e. The zero-order chi connectivity index (χ0) is 16.2. The van der Waals surface area contributed by atoms with Crippen LogP contribution in [-0.2, 0) is 6.54 Å². The molecule has 0 saturated carbocycles. The van der Waals surface area contributed by atoms with Crippen molar-refractivity contribution in [3.63, 3.8) is 0 Å². The van der Waals surface area contributed by atoms with Crippen molar-refractivity contribution in [2.45, 2.75) is 20.4 Å². The first-order valence-electron chi connectivity index (χ1n) is 7.43. The van der Waals surface area contributed by atoms with Crippen LogP contribution in [0.4, 0.5) is 10.7 Å². The molecular weight excluding hydrogens is 306 g/mol. The Kier molecular flexibility index (Phi) is 4.57. The first kappa shape index (κ1) is 15.5. The average Bonchev–Trinajstić information content (AvgIpc) is 2.99. The zero-order valence-electron chi connectivity index (χ0n) is 13.5. The Bertz CT molecular complexity index is 783. The number of ether oxygens (including phenoxy) is 1. The molecule has 118 valence electrons.